The van der Waals surface area contributed by atoms with Crippen LogP contribution in [0, 0.1) is 10.1 Å². The minimum absolute atomic E-state index is 0.0295. The number of non-ortho nitro benzene ring substituents is 1. The van der Waals surface area contributed by atoms with Crippen molar-refractivity contribution >= 4 is 5.69 Å². The van der Waals surface area contributed by atoms with Crippen molar-refractivity contribution < 1.29 is 9.34 Å². The zero-order valence-electron chi connectivity index (χ0n) is 12.2. The molecule has 6 heteroatoms. The van der Waals surface area contributed by atoms with Crippen LogP contribution in [0.5, 0.6) is 0 Å². The van der Waals surface area contributed by atoms with E-state index in [2.05, 4.69) is 10.3 Å². The lowest BCUT2D eigenvalue weighted by molar-refractivity contribution is -0.384. The molecule has 0 bridgehead atoms. The summed E-state index contributed by atoms with van der Waals surface area (Å²) in [4.78, 5) is 14.7. The molecule has 0 amide bonds. The number of aromatic nitrogens is 1. The van der Waals surface area contributed by atoms with Crippen molar-refractivity contribution in [1.82, 2.24) is 10.3 Å². The van der Waals surface area contributed by atoms with Crippen LogP contribution in [0.1, 0.15) is 43.5 Å². The Balaban J connectivity index is 2.05. The SMILES string of the molecule is CCc1cnc(CNC(CC)c2cccc([N+](=O)[O-])c2)o1. The molecule has 6 nitrogen and oxygen atoms in total. The molecule has 1 aromatic heterocycles. The van der Waals surface area contributed by atoms with E-state index < -0.39 is 0 Å². The summed E-state index contributed by atoms with van der Waals surface area (Å²) < 4.78 is 5.54. The van der Waals surface area contributed by atoms with E-state index in [4.69, 9.17) is 4.42 Å². The van der Waals surface area contributed by atoms with E-state index in [1.54, 1.807) is 18.3 Å². The summed E-state index contributed by atoms with van der Waals surface area (Å²) in [7, 11) is 0. The van der Waals surface area contributed by atoms with E-state index >= 15 is 0 Å². The van der Waals surface area contributed by atoms with Gasteiger partial charge in [0, 0.05) is 24.6 Å². The normalized spacial score (nSPS) is 12.3. The molecule has 2 rings (SSSR count). The van der Waals surface area contributed by atoms with Gasteiger partial charge in [0.05, 0.1) is 17.7 Å². The Kier molecular flexibility index (Phi) is 5.05. The first-order chi connectivity index (χ1) is 10.1. The minimum atomic E-state index is -0.377. The molecule has 112 valence electrons. The Morgan fingerprint density at radius 3 is 2.86 bits per heavy atom. The third-order valence-electron chi connectivity index (χ3n) is 3.34. The lowest BCUT2D eigenvalue weighted by Crippen LogP contribution is -2.20. The first-order valence-electron chi connectivity index (χ1n) is 7.05. The predicted octanol–water partition coefficient (Wildman–Crippen LogP) is 3.39. The average Bonchev–Trinajstić information content (AvgIpc) is 2.96. The number of oxazole rings is 1. The number of nitro benzene ring substituents is 1. The molecule has 1 aromatic carbocycles. The molecule has 0 spiro atoms. The number of hydrogen-bond donors (Lipinski definition) is 1. The zero-order chi connectivity index (χ0) is 15.2. The van der Waals surface area contributed by atoms with Gasteiger partial charge in [0.25, 0.3) is 5.69 Å². The predicted molar refractivity (Wildman–Crippen MR) is 78.8 cm³/mol. The Morgan fingerprint density at radius 1 is 1.43 bits per heavy atom. The van der Waals surface area contributed by atoms with Crippen molar-refractivity contribution in [3.63, 3.8) is 0 Å². The van der Waals surface area contributed by atoms with Crippen LogP contribution in [-0.4, -0.2) is 9.91 Å². The smallest absolute Gasteiger partial charge is 0.269 e. The van der Waals surface area contributed by atoms with Gasteiger partial charge in [-0.25, -0.2) is 4.98 Å². The van der Waals surface area contributed by atoms with Gasteiger partial charge in [-0.3, -0.25) is 10.1 Å². The van der Waals surface area contributed by atoms with Gasteiger partial charge >= 0.3 is 0 Å². The second-order valence-electron chi connectivity index (χ2n) is 4.77. The molecule has 1 N–H and O–H groups in total. The van der Waals surface area contributed by atoms with Crippen LogP contribution in [0.15, 0.2) is 34.9 Å². The van der Waals surface area contributed by atoms with Gasteiger partial charge < -0.3 is 9.73 Å². The largest absolute Gasteiger partial charge is 0.444 e. The first kappa shape index (κ1) is 15.2. The highest BCUT2D eigenvalue weighted by molar-refractivity contribution is 5.35. The van der Waals surface area contributed by atoms with Crippen molar-refractivity contribution in [2.24, 2.45) is 0 Å². The Labute approximate surface area is 123 Å². The number of hydrogen-bond acceptors (Lipinski definition) is 5. The quantitative estimate of drug-likeness (QED) is 0.624. The molecule has 0 fully saturated rings. The number of nitro groups is 1. The number of nitrogens with one attached hydrogen (secondary N) is 1. The maximum atomic E-state index is 10.8. The highest BCUT2D eigenvalue weighted by atomic mass is 16.6. The van der Waals surface area contributed by atoms with Gasteiger partial charge in [0.1, 0.15) is 5.76 Å². The van der Waals surface area contributed by atoms with Crippen molar-refractivity contribution in [1.29, 1.82) is 0 Å². The lowest BCUT2D eigenvalue weighted by Gasteiger charge is -2.16. The molecule has 1 heterocycles. The molecule has 21 heavy (non-hydrogen) atoms. The number of nitrogens with zero attached hydrogens (tertiary/aromatic N) is 2. The molecule has 0 aliphatic heterocycles. The van der Waals surface area contributed by atoms with Crippen LogP contribution in [0.2, 0.25) is 0 Å². The average molecular weight is 289 g/mol. The Bertz CT molecular complexity index is 610. The fourth-order valence-corrected chi connectivity index (χ4v) is 2.16. The summed E-state index contributed by atoms with van der Waals surface area (Å²) in [6, 6.07) is 6.73. The topological polar surface area (TPSA) is 81.2 Å². The second-order valence-corrected chi connectivity index (χ2v) is 4.77. The highest BCUT2D eigenvalue weighted by Crippen LogP contribution is 2.22. The van der Waals surface area contributed by atoms with Gasteiger partial charge in [0.15, 0.2) is 0 Å². The van der Waals surface area contributed by atoms with E-state index in [9.17, 15) is 10.1 Å². The molecule has 0 saturated carbocycles. The molecule has 1 unspecified atom stereocenters. The first-order valence-corrected chi connectivity index (χ1v) is 7.05. The molecule has 0 saturated heterocycles. The minimum Gasteiger partial charge on any atom is -0.444 e. The van der Waals surface area contributed by atoms with Gasteiger partial charge in [-0.05, 0) is 12.0 Å². The van der Waals surface area contributed by atoms with Crippen LogP contribution in [0.4, 0.5) is 5.69 Å². The summed E-state index contributed by atoms with van der Waals surface area (Å²) in [5.41, 5.74) is 1.01. The van der Waals surface area contributed by atoms with E-state index in [0.717, 1.165) is 24.2 Å². The van der Waals surface area contributed by atoms with Gasteiger partial charge in [0.2, 0.25) is 5.89 Å². The second kappa shape index (κ2) is 6.99. The van der Waals surface area contributed by atoms with Crippen LogP contribution in [-0.2, 0) is 13.0 Å². The van der Waals surface area contributed by atoms with Crippen LogP contribution in [0.25, 0.3) is 0 Å². The van der Waals surface area contributed by atoms with Gasteiger partial charge in [-0.1, -0.05) is 26.0 Å². The van der Waals surface area contributed by atoms with Crippen LogP contribution < -0.4 is 5.32 Å². The van der Waals surface area contributed by atoms with E-state index in [1.807, 2.05) is 19.9 Å². The molecule has 2 aromatic rings. The van der Waals surface area contributed by atoms with E-state index in [0.29, 0.717) is 12.4 Å². The molecule has 0 radical (unpaired) electrons. The zero-order valence-corrected chi connectivity index (χ0v) is 12.2. The van der Waals surface area contributed by atoms with Crippen molar-refractivity contribution in [3.8, 4) is 0 Å². The molecule has 0 aliphatic carbocycles. The standard InChI is InChI=1S/C15H19N3O3/c1-3-13-9-17-15(21-13)10-16-14(4-2)11-6-5-7-12(8-11)18(19)20/h5-9,14,16H,3-4,10H2,1-2H3. The maximum absolute atomic E-state index is 10.8. The van der Waals surface area contributed by atoms with E-state index in [-0.39, 0.29) is 16.7 Å². The summed E-state index contributed by atoms with van der Waals surface area (Å²) in [6.07, 6.45) is 3.36. The monoisotopic (exact) mass is 289 g/mol. The maximum Gasteiger partial charge on any atom is 0.269 e. The third-order valence-corrected chi connectivity index (χ3v) is 3.34. The molecule has 1 atom stereocenters. The van der Waals surface area contributed by atoms with Crippen LogP contribution in [0.3, 0.4) is 0 Å². The Morgan fingerprint density at radius 2 is 2.24 bits per heavy atom. The lowest BCUT2D eigenvalue weighted by atomic mass is 10.0. The van der Waals surface area contributed by atoms with E-state index in [1.165, 1.54) is 6.07 Å². The molecular weight excluding hydrogens is 270 g/mol. The van der Waals surface area contributed by atoms with Gasteiger partial charge in [-0.15, -0.1) is 0 Å². The summed E-state index contributed by atoms with van der Waals surface area (Å²) in [5, 5.41) is 14.2. The van der Waals surface area contributed by atoms with Crippen LogP contribution >= 0.6 is 0 Å². The Hall–Kier alpha value is -2.21. The van der Waals surface area contributed by atoms with Crippen molar-refractivity contribution in [2.75, 3.05) is 0 Å². The van der Waals surface area contributed by atoms with Crippen molar-refractivity contribution in [2.45, 2.75) is 39.3 Å². The summed E-state index contributed by atoms with van der Waals surface area (Å²) in [6.45, 7) is 4.54. The number of rotatable bonds is 7. The van der Waals surface area contributed by atoms with Gasteiger partial charge in [-0.2, -0.15) is 0 Å². The molecular formula is C15H19N3O3. The van der Waals surface area contributed by atoms with Crippen molar-refractivity contribution in [3.05, 3.63) is 57.8 Å². The summed E-state index contributed by atoms with van der Waals surface area (Å²) >= 11 is 0. The fourth-order valence-electron chi connectivity index (χ4n) is 2.16. The fraction of sp³-hybridized carbons (Fsp3) is 0.400. The summed E-state index contributed by atoms with van der Waals surface area (Å²) in [5.74, 6) is 1.49. The highest BCUT2D eigenvalue weighted by Gasteiger charge is 2.14. The molecule has 0 aliphatic rings. The third kappa shape index (κ3) is 3.88. The number of aryl methyl sites for hydroxylation is 1. The number of benzene rings is 1.